The maximum atomic E-state index is 13.7. The molecule has 0 aliphatic rings. The van der Waals surface area contributed by atoms with Crippen LogP contribution in [-0.4, -0.2) is 47.4 Å². The van der Waals surface area contributed by atoms with Crippen LogP contribution in [0.1, 0.15) is 31.4 Å². The second-order valence-electron chi connectivity index (χ2n) is 9.05. The smallest absolute Gasteiger partial charge is 0.311 e. The van der Waals surface area contributed by atoms with Crippen molar-refractivity contribution in [1.82, 2.24) is 10.2 Å². The number of carbonyl (C=O) groups is 2. The maximum Gasteiger partial charge on any atom is 0.311 e. The third-order valence-electron chi connectivity index (χ3n) is 6.22. The molecule has 0 spiro atoms. The number of nitrogens with zero attached hydrogens (tertiary/aromatic N) is 2. The summed E-state index contributed by atoms with van der Waals surface area (Å²) in [6, 6.07) is 19.7. The number of benzene rings is 3. The highest BCUT2D eigenvalue weighted by Crippen LogP contribution is 2.31. The summed E-state index contributed by atoms with van der Waals surface area (Å²) in [4.78, 5) is 39.3. The van der Waals surface area contributed by atoms with E-state index in [0.29, 0.717) is 11.4 Å². The lowest BCUT2D eigenvalue weighted by atomic mass is 10.0. The number of nitrogens with one attached hydrogen (secondary N) is 1. The SMILES string of the molecule is CC[C@@H](C)NC(=O)[C@H](Cc1ccccc1)N(Cc1cccc(Cl)c1)C(=O)COc1ccc([N+](=O)[O-])c(OC)c1. The Balaban J connectivity index is 1.92. The van der Waals surface area contributed by atoms with Crippen LogP contribution in [0.3, 0.4) is 0 Å². The molecular weight excluding hydrogens is 522 g/mol. The van der Waals surface area contributed by atoms with Crippen molar-refractivity contribution in [3.63, 3.8) is 0 Å². The van der Waals surface area contributed by atoms with Gasteiger partial charge in [0.15, 0.2) is 6.61 Å². The summed E-state index contributed by atoms with van der Waals surface area (Å²) in [6.07, 6.45) is 1.03. The van der Waals surface area contributed by atoms with E-state index in [1.165, 1.54) is 30.2 Å². The summed E-state index contributed by atoms with van der Waals surface area (Å²) in [6.45, 7) is 3.60. The number of ether oxygens (including phenoxy) is 2. The zero-order chi connectivity index (χ0) is 28.4. The van der Waals surface area contributed by atoms with Gasteiger partial charge in [-0.1, -0.05) is 61.0 Å². The predicted octanol–water partition coefficient (Wildman–Crippen LogP) is 5.19. The van der Waals surface area contributed by atoms with Crippen LogP contribution >= 0.6 is 11.6 Å². The van der Waals surface area contributed by atoms with Crippen molar-refractivity contribution in [3.8, 4) is 11.5 Å². The Morgan fingerprint density at radius 2 is 1.77 bits per heavy atom. The van der Waals surface area contributed by atoms with Gasteiger partial charge in [-0.25, -0.2) is 0 Å². The van der Waals surface area contributed by atoms with Crippen molar-refractivity contribution in [2.45, 2.75) is 45.3 Å². The molecule has 0 unspecified atom stereocenters. The summed E-state index contributed by atoms with van der Waals surface area (Å²) in [5.74, 6) is -0.485. The highest BCUT2D eigenvalue weighted by Gasteiger charge is 2.31. The number of nitro groups is 1. The first-order valence-corrected chi connectivity index (χ1v) is 12.9. The fraction of sp³-hybridized carbons (Fsp3) is 0.310. The molecule has 39 heavy (non-hydrogen) atoms. The van der Waals surface area contributed by atoms with Gasteiger partial charge in [-0.15, -0.1) is 0 Å². The lowest BCUT2D eigenvalue weighted by Gasteiger charge is -2.32. The number of methoxy groups -OCH3 is 1. The number of hydrogen-bond acceptors (Lipinski definition) is 6. The van der Waals surface area contributed by atoms with Gasteiger partial charge in [0.1, 0.15) is 11.8 Å². The molecule has 0 fully saturated rings. The van der Waals surface area contributed by atoms with Crippen LogP contribution in [0.25, 0.3) is 0 Å². The van der Waals surface area contributed by atoms with Crippen LogP contribution in [0, 0.1) is 10.1 Å². The van der Waals surface area contributed by atoms with Gasteiger partial charge in [0.2, 0.25) is 11.7 Å². The number of rotatable bonds is 13. The highest BCUT2D eigenvalue weighted by atomic mass is 35.5. The lowest BCUT2D eigenvalue weighted by molar-refractivity contribution is -0.385. The second kappa shape index (κ2) is 14.2. The molecule has 3 aromatic rings. The Morgan fingerprint density at radius 1 is 1.05 bits per heavy atom. The van der Waals surface area contributed by atoms with Gasteiger partial charge in [0, 0.05) is 36.2 Å². The van der Waals surface area contributed by atoms with E-state index in [1.807, 2.05) is 50.2 Å². The van der Waals surface area contributed by atoms with Crippen molar-refractivity contribution in [1.29, 1.82) is 0 Å². The highest BCUT2D eigenvalue weighted by molar-refractivity contribution is 6.30. The Labute approximate surface area is 232 Å². The van der Waals surface area contributed by atoms with Gasteiger partial charge in [-0.3, -0.25) is 19.7 Å². The summed E-state index contributed by atoms with van der Waals surface area (Å²) in [5.41, 5.74) is 1.43. The summed E-state index contributed by atoms with van der Waals surface area (Å²) in [5, 5.41) is 14.7. The van der Waals surface area contributed by atoms with Crippen molar-refractivity contribution in [3.05, 3.63) is 99.1 Å². The molecule has 1 N–H and O–H groups in total. The molecule has 2 amide bonds. The molecule has 2 atom stereocenters. The Morgan fingerprint density at radius 3 is 2.41 bits per heavy atom. The number of carbonyl (C=O) groups excluding carboxylic acids is 2. The monoisotopic (exact) mass is 553 g/mol. The zero-order valence-electron chi connectivity index (χ0n) is 22.1. The van der Waals surface area contributed by atoms with Crippen LogP contribution in [0.4, 0.5) is 5.69 Å². The van der Waals surface area contributed by atoms with Crippen LogP contribution in [0.5, 0.6) is 11.5 Å². The minimum absolute atomic E-state index is 0.00983. The summed E-state index contributed by atoms with van der Waals surface area (Å²) in [7, 11) is 1.31. The standard InChI is InChI=1S/C29H32ClN3O6/c1-4-20(2)31-29(35)26(16-21-9-6-5-7-10-21)32(18-22-11-8-12-23(30)15-22)28(34)19-39-24-13-14-25(33(36)37)27(17-24)38-3/h5-15,17,20,26H,4,16,18-19H2,1-3H3,(H,31,35)/t20-,26+/m1/s1. The van der Waals surface area contributed by atoms with E-state index in [0.717, 1.165) is 17.5 Å². The largest absolute Gasteiger partial charge is 0.490 e. The second-order valence-corrected chi connectivity index (χ2v) is 9.49. The molecule has 0 aliphatic carbocycles. The number of hydrogen-bond donors (Lipinski definition) is 1. The first-order valence-electron chi connectivity index (χ1n) is 12.5. The van der Waals surface area contributed by atoms with Gasteiger partial charge in [0.25, 0.3) is 5.91 Å². The topological polar surface area (TPSA) is 111 Å². The van der Waals surface area contributed by atoms with E-state index in [1.54, 1.807) is 18.2 Å². The molecule has 0 aliphatic heterocycles. The molecule has 3 aromatic carbocycles. The number of amides is 2. The van der Waals surface area contributed by atoms with Gasteiger partial charge >= 0.3 is 5.69 Å². The third kappa shape index (κ3) is 8.44. The lowest BCUT2D eigenvalue weighted by Crippen LogP contribution is -2.53. The molecule has 0 saturated heterocycles. The van der Waals surface area contributed by atoms with Gasteiger partial charge in [-0.2, -0.15) is 0 Å². The minimum atomic E-state index is -0.831. The number of nitro benzene ring substituents is 1. The van der Waals surface area contributed by atoms with Crippen molar-refractivity contribution in [2.24, 2.45) is 0 Å². The van der Waals surface area contributed by atoms with Gasteiger partial charge in [-0.05, 0) is 42.7 Å². The predicted molar refractivity (Wildman–Crippen MR) is 149 cm³/mol. The van der Waals surface area contributed by atoms with Crippen LogP contribution in [-0.2, 0) is 22.6 Å². The molecule has 0 saturated carbocycles. The normalized spacial score (nSPS) is 12.2. The summed E-state index contributed by atoms with van der Waals surface area (Å²) < 4.78 is 10.8. The first-order chi connectivity index (χ1) is 18.7. The molecule has 0 heterocycles. The van der Waals surface area contributed by atoms with E-state index in [9.17, 15) is 19.7 Å². The van der Waals surface area contributed by atoms with Crippen molar-refractivity contribution < 1.29 is 24.0 Å². The van der Waals surface area contributed by atoms with E-state index >= 15 is 0 Å². The molecule has 10 heteroatoms. The molecule has 0 aromatic heterocycles. The maximum absolute atomic E-state index is 13.7. The molecule has 0 radical (unpaired) electrons. The van der Waals surface area contributed by atoms with Crippen LogP contribution in [0.15, 0.2) is 72.8 Å². The molecular formula is C29H32ClN3O6. The van der Waals surface area contributed by atoms with Crippen LogP contribution < -0.4 is 14.8 Å². The molecule has 3 rings (SSSR count). The Hall–Kier alpha value is -4.11. The van der Waals surface area contributed by atoms with Crippen molar-refractivity contribution in [2.75, 3.05) is 13.7 Å². The third-order valence-corrected chi connectivity index (χ3v) is 6.46. The summed E-state index contributed by atoms with van der Waals surface area (Å²) >= 11 is 6.20. The molecule has 206 valence electrons. The van der Waals surface area contributed by atoms with E-state index in [4.69, 9.17) is 21.1 Å². The van der Waals surface area contributed by atoms with E-state index in [-0.39, 0.29) is 35.7 Å². The van der Waals surface area contributed by atoms with Crippen molar-refractivity contribution >= 4 is 29.1 Å². The average molecular weight is 554 g/mol. The molecule has 9 nitrogen and oxygen atoms in total. The fourth-order valence-corrected chi connectivity index (χ4v) is 4.17. The number of halogens is 1. The average Bonchev–Trinajstić information content (AvgIpc) is 2.93. The minimum Gasteiger partial charge on any atom is -0.490 e. The first kappa shape index (κ1) is 29.4. The Kier molecular flexibility index (Phi) is 10.7. The van der Waals surface area contributed by atoms with E-state index in [2.05, 4.69) is 5.32 Å². The van der Waals surface area contributed by atoms with E-state index < -0.39 is 23.5 Å². The molecule has 0 bridgehead atoms. The van der Waals surface area contributed by atoms with Gasteiger partial charge < -0.3 is 19.7 Å². The fourth-order valence-electron chi connectivity index (χ4n) is 3.95. The Bertz CT molecular complexity index is 1290. The zero-order valence-corrected chi connectivity index (χ0v) is 22.9. The quantitative estimate of drug-likeness (QED) is 0.230. The van der Waals surface area contributed by atoms with Gasteiger partial charge in [0.05, 0.1) is 12.0 Å². The van der Waals surface area contributed by atoms with Crippen LogP contribution in [0.2, 0.25) is 5.02 Å².